The zero-order chi connectivity index (χ0) is 22.6. The van der Waals surface area contributed by atoms with E-state index in [1.165, 1.54) is 12.1 Å². The van der Waals surface area contributed by atoms with Crippen LogP contribution in [-0.4, -0.2) is 10.7 Å². The molecule has 0 radical (unpaired) electrons. The molecule has 1 fully saturated rings. The molecule has 0 amide bonds. The first-order valence-corrected chi connectivity index (χ1v) is 11.3. The smallest absolute Gasteiger partial charge is 0.151 e. The molecule has 1 N–H and O–H groups in total. The highest BCUT2D eigenvalue weighted by Gasteiger charge is 2.51. The zero-order valence-electron chi connectivity index (χ0n) is 18.7. The van der Waals surface area contributed by atoms with Crippen LogP contribution in [0.15, 0.2) is 54.6 Å². The van der Waals surface area contributed by atoms with E-state index >= 15 is 4.39 Å². The standard InChI is InChI=1S/C28H28F2O2/c1-16(2)21-14-23-26(22(31)15-28(32-23)12-13-28)24(18-8-10-20(29)11-9-18)25(21)27(30)19-6-4-17(3)5-7-19/h4-11,14,16,22,27,31H,12-13,15H2,1-3H3/t22-,27+/m0/s1. The SMILES string of the molecule is Cc1ccc([C@@H](F)c2c(C(C)C)cc3c(c2-c2ccc(F)cc2)[C@@H](O)CC2(CC2)O3)cc1. The van der Waals surface area contributed by atoms with Crippen molar-refractivity contribution in [2.75, 3.05) is 0 Å². The second-order valence-corrected chi connectivity index (χ2v) is 9.61. The summed E-state index contributed by atoms with van der Waals surface area (Å²) >= 11 is 0. The van der Waals surface area contributed by atoms with E-state index in [0.717, 1.165) is 24.0 Å². The van der Waals surface area contributed by atoms with Gasteiger partial charge in [-0.3, -0.25) is 0 Å². The van der Waals surface area contributed by atoms with Crippen molar-refractivity contribution in [3.8, 4) is 16.9 Å². The van der Waals surface area contributed by atoms with Crippen molar-refractivity contribution >= 4 is 0 Å². The summed E-state index contributed by atoms with van der Waals surface area (Å²) in [7, 11) is 0. The molecule has 1 aliphatic heterocycles. The molecule has 0 aromatic heterocycles. The van der Waals surface area contributed by atoms with Crippen molar-refractivity contribution < 1.29 is 18.6 Å². The van der Waals surface area contributed by atoms with Gasteiger partial charge in [0, 0.05) is 17.5 Å². The van der Waals surface area contributed by atoms with E-state index in [2.05, 4.69) is 0 Å². The van der Waals surface area contributed by atoms with Gasteiger partial charge in [-0.05, 0) is 66.1 Å². The van der Waals surface area contributed by atoms with Crippen LogP contribution in [0.1, 0.15) is 79.1 Å². The van der Waals surface area contributed by atoms with E-state index in [4.69, 9.17) is 4.74 Å². The number of ether oxygens (including phenoxy) is 1. The van der Waals surface area contributed by atoms with Crippen LogP contribution in [0.3, 0.4) is 0 Å². The number of alkyl halides is 1. The highest BCUT2D eigenvalue weighted by molar-refractivity contribution is 5.78. The van der Waals surface area contributed by atoms with Crippen LogP contribution < -0.4 is 4.74 Å². The fourth-order valence-corrected chi connectivity index (χ4v) is 4.88. The Morgan fingerprint density at radius 3 is 2.28 bits per heavy atom. The normalized spacial score (nSPS) is 19.5. The molecule has 5 rings (SSSR count). The number of fused-ring (bicyclic) bond motifs is 1. The maximum atomic E-state index is 16.3. The quantitative estimate of drug-likeness (QED) is 0.466. The minimum atomic E-state index is -1.39. The van der Waals surface area contributed by atoms with Crippen LogP contribution in [-0.2, 0) is 0 Å². The lowest BCUT2D eigenvalue weighted by Crippen LogP contribution is -2.28. The fraction of sp³-hybridized carbons (Fsp3) is 0.357. The summed E-state index contributed by atoms with van der Waals surface area (Å²) in [5, 5.41) is 11.2. The van der Waals surface area contributed by atoms with Crippen molar-refractivity contribution in [3.63, 3.8) is 0 Å². The Morgan fingerprint density at radius 2 is 1.69 bits per heavy atom. The van der Waals surface area contributed by atoms with Gasteiger partial charge in [0.2, 0.25) is 0 Å². The third-order valence-electron chi connectivity index (χ3n) is 6.81. The molecule has 3 aromatic carbocycles. The van der Waals surface area contributed by atoms with Gasteiger partial charge in [-0.1, -0.05) is 55.8 Å². The summed E-state index contributed by atoms with van der Waals surface area (Å²) in [6, 6.07) is 15.4. The zero-order valence-corrected chi connectivity index (χ0v) is 18.7. The summed E-state index contributed by atoms with van der Waals surface area (Å²) in [6.07, 6.45) is 0.191. The highest BCUT2D eigenvalue weighted by atomic mass is 19.1. The molecule has 1 spiro atoms. The van der Waals surface area contributed by atoms with Gasteiger partial charge in [-0.15, -0.1) is 0 Å². The lowest BCUT2D eigenvalue weighted by atomic mass is 9.79. The van der Waals surface area contributed by atoms with Crippen LogP contribution >= 0.6 is 0 Å². The summed E-state index contributed by atoms with van der Waals surface area (Å²) in [4.78, 5) is 0. The lowest BCUT2D eigenvalue weighted by Gasteiger charge is -2.35. The van der Waals surface area contributed by atoms with Crippen molar-refractivity contribution in [1.29, 1.82) is 0 Å². The molecule has 1 saturated carbocycles. The number of hydrogen-bond donors (Lipinski definition) is 1. The van der Waals surface area contributed by atoms with E-state index in [9.17, 15) is 9.50 Å². The molecule has 4 heteroatoms. The van der Waals surface area contributed by atoms with Crippen LogP contribution in [0.2, 0.25) is 0 Å². The number of aliphatic hydroxyl groups excluding tert-OH is 1. The monoisotopic (exact) mass is 434 g/mol. The molecule has 0 unspecified atom stereocenters. The highest BCUT2D eigenvalue weighted by Crippen LogP contribution is 2.56. The van der Waals surface area contributed by atoms with E-state index < -0.39 is 12.3 Å². The predicted octanol–water partition coefficient (Wildman–Crippen LogP) is 7.33. The maximum absolute atomic E-state index is 16.3. The van der Waals surface area contributed by atoms with E-state index in [-0.39, 0.29) is 17.3 Å². The molecule has 1 heterocycles. The van der Waals surface area contributed by atoms with Crippen LogP contribution in [0.4, 0.5) is 8.78 Å². The number of rotatable bonds is 4. The molecule has 2 nitrogen and oxygen atoms in total. The van der Waals surface area contributed by atoms with Crippen molar-refractivity contribution in [2.45, 2.75) is 63.8 Å². The number of aryl methyl sites for hydroxylation is 1. The van der Waals surface area contributed by atoms with Crippen LogP contribution in [0.25, 0.3) is 11.1 Å². The Hall–Kier alpha value is -2.72. The topological polar surface area (TPSA) is 29.5 Å². The summed E-state index contributed by atoms with van der Waals surface area (Å²) in [6.45, 7) is 6.04. The summed E-state index contributed by atoms with van der Waals surface area (Å²) < 4.78 is 36.4. The molecule has 32 heavy (non-hydrogen) atoms. The first-order chi connectivity index (χ1) is 15.3. The molecule has 2 atom stereocenters. The molecule has 166 valence electrons. The van der Waals surface area contributed by atoms with Gasteiger partial charge < -0.3 is 9.84 Å². The van der Waals surface area contributed by atoms with Crippen molar-refractivity contribution in [2.24, 2.45) is 0 Å². The predicted molar refractivity (Wildman–Crippen MR) is 122 cm³/mol. The molecule has 0 saturated heterocycles. The van der Waals surface area contributed by atoms with Crippen molar-refractivity contribution in [3.05, 3.63) is 88.2 Å². The first-order valence-electron chi connectivity index (χ1n) is 11.3. The summed E-state index contributed by atoms with van der Waals surface area (Å²) in [5.41, 5.74) is 4.63. The van der Waals surface area contributed by atoms with Gasteiger partial charge in [-0.2, -0.15) is 0 Å². The van der Waals surface area contributed by atoms with Crippen LogP contribution in [0.5, 0.6) is 5.75 Å². The fourth-order valence-electron chi connectivity index (χ4n) is 4.88. The van der Waals surface area contributed by atoms with Gasteiger partial charge in [0.25, 0.3) is 0 Å². The largest absolute Gasteiger partial charge is 0.487 e. The minimum Gasteiger partial charge on any atom is -0.487 e. The third-order valence-corrected chi connectivity index (χ3v) is 6.81. The van der Waals surface area contributed by atoms with Gasteiger partial charge >= 0.3 is 0 Å². The molecule has 1 aliphatic carbocycles. The molecular weight excluding hydrogens is 406 g/mol. The first kappa shape index (κ1) is 21.1. The van der Waals surface area contributed by atoms with E-state index in [1.54, 1.807) is 12.1 Å². The number of aliphatic hydroxyl groups is 1. The molecule has 3 aromatic rings. The Balaban J connectivity index is 1.80. The molecule has 0 bridgehead atoms. The molecule has 2 aliphatic rings. The molecular formula is C28H28F2O2. The Labute approximate surface area is 187 Å². The van der Waals surface area contributed by atoms with Crippen molar-refractivity contribution in [1.82, 2.24) is 0 Å². The second-order valence-electron chi connectivity index (χ2n) is 9.61. The Bertz CT molecular complexity index is 1150. The average Bonchev–Trinajstić information content (AvgIpc) is 3.51. The number of hydrogen-bond acceptors (Lipinski definition) is 2. The number of benzene rings is 3. The van der Waals surface area contributed by atoms with Gasteiger partial charge in [0.05, 0.1) is 6.10 Å². The Morgan fingerprint density at radius 1 is 1.03 bits per heavy atom. The van der Waals surface area contributed by atoms with Crippen LogP contribution in [0, 0.1) is 12.7 Å². The summed E-state index contributed by atoms with van der Waals surface area (Å²) in [5.74, 6) is 0.313. The van der Waals surface area contributed by atoms with E-state index in [0.29, 0.717) is 40.0 Å². The minimum absolute atomic E-state index is 0.0380. The van der Waals surface area contributed by atoms with E-state index in [1.807, 2.05) is 51.1 Å². The maximum Gasteiger partial charge on any atom is 0.151 e. The second kappa shape index (κ2) is 7.70. The average molecular weight is 435 g/mol. The van der Waals surface area contributed by atoms with Gasteiger partial charge in [-0.25, -0.2) is 8.78 Å². The Kier molecular flexibility index (Phi) is 5.09. The third kappa shape index (κ3) is 3.61. The van der Waals surface area contributed by atoms with Gasteiger partial charge in [0.1, 0.15) is 17.2 Å². The van der Waals surface area contributed by atoms with Gasteiger partial charge in [0.15, 0.2) is 6.17 Å². The lowest BCUT2D eigenvalue weighted by molar-refractivity contribution is 0.0519. The number of halogens is 2.